The molecular weight excluding hydrogens is 248 g/mol. The first-order valence-electron chi connectivity index (χ1n) is 4.99. The predicted octanol–water partition coefficient (Wildman–Crippen LogP) is -0.877. The van der Waals surface area contributed by atoms with Crippen LogP contribution < -0.4 is 10.5 Å². The maximum atomic E-state index is 11.5. The van der Waals surface area contributed by atoms with E-state index in [0.29, 0.717) is 0 Å². The Morgan fingerprint density at radius 3 is 2.29 bits per heavy atom. The summed E-state index contributed by atoms with van der Waals surface area (Å²) in [5, 5.41) is 0. The lowest BCUT2D eigenvalue weighted by Crippen LogP contribution is -2.53. The number of hydrogen-bond acceptors (Lipinski definition) is 5. The van der Waals surface area contributed by atoms with Gasteiger partial charge in [-0.2, -0.15) is 0 Å². The minimum Gasteiger partial charge on any atom is -0.469 e. The zero-order valence-electron chi connectivity index (χ0n) is 10.1. The Balaban J connectivity index is 4.32. The largest absolute Gasteiger partial charge is 0.469 e. The molecule has 3 N–H and O–H groups in total. The molecule has 0 atom stereocenters. The Morgan fingerprint density at radius 1 is 1.35 bits per heavy atom. The molecule has 17 heavy (non-hydrogen) atoms. The fourth-order valence-electron chi connectivity index (χ4n) is 0.999. The summed E-state index contributed by atoms with van der Waals surface area (Å²) in [6.07, 6.45) is 0.130. The highest BCUT2D eigenvalue weighted by Gasteiger charge is 2.30. The van der Waals surface area contributed by atoms with E-state index in [-0.39, 0.29) is 18.6 Å². The Morgan fingerprint density at radius 2 is 1.88 bits per heavy atom. The van der Waals surface area contributed by atoms with Gasteiger partial charge in [-0.25, -0.2) is 13.1 Å². The second-order valence-electron chi connectivity index (χ2n) is 4.09. The van der Waals surface area contributed by atoms with E-state index in [0.717, 1.165) is 0 Å². The molecule has 0 radical (unpaired) electrons. The van der Waals surface area contributed by atoms with Gasteiger partial charge in [0, 0.05) is 6.42 Å². The molecule has 0 aliphatic rings. The second-order valence-corrected chi connectivity index (χ2v) is 5.93. The standard InChI is InChI=1S/C9H18N2O5S/c1-9(2,8(10)13)11-17(14,15)6-4-5-7(12)16-3/h11H,4-6H2,1-3H3,(H2,10,13). The first kappa shape index (κ1) is 15.9. The summed E-state index contributed by atoms with van der Waals surface area (Å²) in [6, 6.07) is 0. The zero-order chi connectivity index (χ0) is 13.7. The molecule has 7 nitrogen and oxygen atoms in total. The highest BCUT2D eigenvalue weighted by Crippen LogP contribution is 2.05. The minimum absolute atomic E-state index is 0.00834. The number of hydrogen-bond donors (Lipinski definition) is 2. The fourth-order valence-corrected chi connectivity index (χ4v) is 2.50. The molecular formula is C9H18N2O5S. The number of methoxy groups -OCH3 is 1. The average Bonchev–Trinajstić information content (AvgIpc) is 2.15. The molecule has 8 heteroatoms. The Labute approximate surface area is 101 Å². The van der Waals surface area contributed by atoms with E-state index < -0.39 is 27.4 Å². The molecule has 0 aromatic carbocycles. The van der Waals surface area contributed by atoms with Gasteiger partial charge < -0.3 is 10.5 Å². The molecule has 0 aromatic rings. The second kappa shape index (κ2) is 5.97. The van der Waals surface area contributed by atoms with Gasteiger partial charge in [-0.3, -0.25) is 9.59 Å². The molecule has 0 saturated heterocycles. The lowest BCUT2D eigenvalue weighted by Gasteiger charge is -2.21. The van der Waals surface area contributed by atoms with Crippen molar-refractivity contribution in [1.82, 2.24) is 4.72 Å². The smallest absolute Gasteiger partial charge is 0.305 e. The van der Waals surface area contributed by atoms with Crippen LogP contribution in [0.2, 0.25) is 0 Å². The van der Waals surface area contributed by atoms with Gasteiger partial charge in [0.15, 0.2) is 0 Å². The van der Waals surface area contributed by atoms with Crippen LogP contribution in [0, 0.1) is 0 Å². The number of sulfonamides is 1. The van der Waals surface area contributed by atoms with Crippen LogP contribution in [0.3, 0.4) is 0 Å². The van der Waals surface area contributed by atoms with Crippen LogP contribution in [0.5, 0.6) is 0 Å². The lowest BCUT2D eigenvalue weighted by molar-refractivity contribution is -0.140. The summed E-state index contributed by atoms with van der Waals surface area (Å²) in [5.41, 5.74) is 3.69. The van der Waals surface area contributed by atoms with Gasteiger partial charge in [-0.05, 0) is 20.3 Å². The van der Waals surface area contributed by atoms with Crippen LogP contribution in [-0.2, 0) is 24.3 Å². The van der Waals surface area contributed by atoms with Crippen LogP contribution in [0.4, 0.5) is 0 Å². The summed E-state index contributed by atoms with van der Waals surface area (Å²) in [5.74, 6) is -1.51. The topological polar surface area (TPSA) is 116 Å². The van der Waals surface area contributed by atoms with Gasteiger partial charge in [0.25, 0.3) is 0 Å². The summed E-state index contributed by atoms with van der Waals surface area (Å²) in [6.45, 7) is 2.74. The van der Waals surface area contributed by atoms with Crippen molar-refractivity contribution in [2.45, 2.75) is 32.2 Å². The number of ether oxygens (including phenoxy) is 1. The fraction of sp³-hybridized carbons (Fsp3) is 0.778. The molecule has 0 heterocycles. The van der Waals surface area contributed by atoms with E-state index in [9.17, 15) is 18.0 Å². The number of nitrogens with one attached hydrogen (secondary N) is 1. The first-order chi connectivity index (χ1) is 7.60. The molecule has 0 rings (SSSR count). The van der Waals surface area contributed by atoms with Crippen molar-refractivity contribution in [3.63, 3.8) is 0 Å². The summed E-state index contributed by atoms with van der Waals surface area (Å²) in [4.78, 5) is 21.7. The zero-order valence-corrected chi connectivity index (χ0v) is 11.0. The van der Waals surface area contributed by atoms with Gasteiger partial charge in [-0.15, -0.1) is 0 Å². The molecule has 0 fully saturated rings. The predicted molar refractivity (Wildman–Crippen MR) is 61.4 cm³/mol. The van der Waals surface area contributed by atoms with Gasteiger partial charge in [0.2, 0.25) is 15.9 Å². The molecule has 0 spiro atoms. The number of esters is 1. The number of carbonyl (C=O) groups is 2. The SMILES string of the molecule is COC(=O)CCCS(=O)(=O)NC(C)(C)C(N)=O. The summed E-state index contributed by atoms with van der Waals surface area (Å²) < 4.78 is 29.6. The highest BCUT2D eigenvalue weighted by molar-refractivity contribution is 7.89. The molecule has 0 bridgehead atoms. The van der Waals surface area contributed by atoms with Gasteiger partial charge in [-0.1, -0.05) is 0 Å². The Kier molecular flexibility index (Phi) is 5.56. The van der Waals surface area contributed by atoms with E-state index in [1.807, 2.05) is 0 Å². The van der Waals surface area contributed by atoms with Crippen LogP contribution in [-0.4, -0.2) is 38.7 Å². The maximum Gasteiger partial charge on any atom is 0.305 e. The van der Waals surface area contributed by atoms with Crippen molar-refractivity contribution < 1.29 is 22.7 Å². The Hall–Kier alpha value is -1.15. The normalized spacial score (nSPS) is 12.2. The van der Waals surface area contributed by atoms with Crippen LogP contribution >= 0.6 is 0 Å². The molecule has 0 unspecified atom stereocenters. The maximum absolute atomic E-state index is 11.5. The minimum atomic E-state index is -3.65. The van der Waals surface area contributed by atoms with Crippen LogP contribution in [0.15, 0.2) is 0 Å². The monoisotopic (exact) mass is 266 g/mol. The molecule has 0 aromatic heterocycles. The van der Waals surface area contributed by atoms with Crippen molar-refractivity contribution in [3.8, 4) is 0 Å². The van der Waals surface area contributed by atoms with Crippen molar-refractivity contribution >= 4 is 21.9 Å². The molecule has 0 aliphatic carbocycles. The van der Waals surface area contributed by atoms with Gasteiger partial charge in [0.1, 0.15) is 5.54 Å². The lowest BCUT2D eigenvalue weighted by atomic mass is 10.1. The number of primary amides is 1. The third-order valence-electron chi connectivity index (χ3n) is 2.05. The van der Waals surface area contributed by atoms with E-state index in [1.54, 1.807) is 0 Å². The molecule has 100 valence electrons. The number of rotatable bonds is 7. The quantitative estimate of drug-likeness (QED) is 0.581. The molecule has 0 saturated carbocycles. The van der Waals surface area contributed by atoms with E-state index in [1.165, 1.54) is 21.0 Å². The van der Waals surface area contributed by atoms with Crippen LogP contribution in [0.1, 0.15) is 26.7 Å². The van der Waals surface area contributed by atoms with Gasteiger partial charge in [0.05, 0.1) is 12.9 Å². The van der Waals surface area contributed by atoms with E-state index in [4.69, 9.17) is 5.73 Å². The third kappa shape index (κ3) is 6.22. The Bertz CT molecular complexity index is 388. The van der Waals surface area contributed by atoms with E-state index in [2.05, 4.69) is 9.46 Å². The third-order valence-corrected chi connectivity index (χ3v) is 3.70. The number of carbonyl (C=O) groups excluding carboxylic acids is 2. The summed E-state index contributed by atoms with van der Waals surface area (Å²) in [7, 11) is -2.42. The highest BCUT2D eigenvalue weighted by atomic mass is 32.2. The van der Waals surface area contributed by atoms with Crippen molar-refractivity contribution in [3.05, 3.63) is 0 Å². The van der Waals surface area contributed by atoms with Crippen molar-refractivity contribution in [2.75, 3.05) is 12.9 Å². The first-order valence-corrected chi connectivity index (χ1v) is 6.64. The van der Waals surface area contributed by atoms with E-state index >= 15 is 0 Å². The van der Waals surface area contributed by atoms with Crippen LogP contribution in [0.25, 0.3) is 0 Å². The van der Waals surface area contributed by atoms with Crippen molar-refractivity contribution in [1.29, 1.82) is 0 Å². The number of amides is 1. The van der Waals surface area contributed by atoms with Gasteiger partial charge >= 0.3 is 5.97 Å². The molecule has 0 aliphatic heterocycles. The van der Waals surface area contributed by atoms with Crippen molar-refractivity contribution in [2.24, 2.45) is 5.73 Å². The average molecular weight is 266 g/mol. The summed E-state index contributed by atoms with van der Waals surface area (Å²) >= 11 is 0. The molecule has 1 amide bonds. The number of nitrogens with two attached hydrogens (primary N) is 1.